The third kappa shape index (κ3) is 3.91. The summed E-state index contributed by atoms with van der Waals surface area (Å²) in [4.78, 5) is 16.4. The summed E-state index contributed by atoms with van der Waals surface area (Å²) in [6, 6.07) is 11.2. The number of methoxy groups -OCH3 is 1. The smallest absolute Gasteiger partial charge is 0.250 e. The van der Waals surface area contributed by atoms with Crippen LogP contribution in [0.5, 0.6) is 5.75 Å². The lowest BCUT2D eigenvalue weighted by Gasteiger charge is -2.00. The lowest BCUT2D eigenvalue weighted by Crippen LogP contribution is -2.07. The molecule has 0 aliphatic carbocycles. The molecule has 0 unspecified atom stereocenters. The van der Waals surface area contributed by atoms with Gasteiger partial charge >= 0.3 is 0 Å². The number of amides is 1. The van der Waals surface area contributed by atoms with Crippen molar-refractivity contribution in [3.8, 4) is 17.2 Å². The number of aryl methyl sites for hydroxylation is 1. The molecule has 1 aromatic carbocycles. The lowest BCUT2D eigenvalue weighted by atomic mass is 10.2. The molecule has 2 heterocycles. The second kappa shape index (κ2) is 7.14. The Hall–Kier alpha value is -2.86. The van der Waals surface area contributed by atoms with Gasteiger partial charge in [0.05, 0.1) is 7.11 Å². The first-order valence-electron chi connectivity index (χ1n) is 7.29. The van der Waals surface area contributed by atoms with Crippen LogP contribution in [0.3, 0.4) is 0 Å². The summed E-state index contributed by atoms with van der Waals surface area (Å²) in [5, 5.41) is 5.12. The monoisotopic (exact) mass is 340 g/mol. The normalized spacial score (nSPS) is 10.9. The van der Waals surface area contributed by atoms with Gasteiger partial charge in [0.2, 0.25) is 5.91 Å². The molecule has 1 N–H and O–H groups in total. The first-order valence-corrected chi connectivity index (χ1v) is 8.17. The number of nitrogens with zero attached hydrogens (tertiary/aromatic N) is 1. The van der Waals surface area contributed by atoms with Crippen LogP contribution in [0.2, 0.25) is 0 Å². The summed E-state index contributed by atoms with van der Waals surface area (Å²) in [5.41, 5.74) is 1.59. The van der Waals surface area contributed by atoms with Crippen LogP contribution in [-0.4, -0.2) is 18.0 Å². The van der Waals surface area contributed by atoms with Gasteiger partial charge < -0.3 is 9.15 Å². The van der Waals surface area contributed by atoms with E-state index in [1.807, 2.05) is 48.7 Å². The molecule has 3 aromatic rings. The topological polar surface area (TPSA) is 64.4 Å². The molecule has 0 spiro atoms. The number of benzene rings is 1. The number of hydrogen-bond donors (Lipinski definition) is 1. The lowest BCUT2D eigenvalue weighted by molar-refractivity contribution is -0.111. The van der Waals surface area contributed by atoms with Gasteiger partial charge in [0.1, 0.15) is 17.2 Å². The maximum absolute atomic E-state index is 12.0. The van der Waals surface area contributed by atoms with Crippen molar-refractivity contribution in [2.75, 3.05) is 12.4 Å². The molecule has 0 aliphatic heterocycles. The summed E-state index contributed by atoms with van der Waals surface area (Å²) >= 11 is 1.35. The van der Waals surface area contributed by atoms with Crippen molar-refractivity contribution in [3.05, 3.63) is 59.2 Å². The SMILES string of the molecule is COc1cccc(/C=C/C(=O)Nc2nc(-c3ccc(C)o3)cs2)c1. The third-order valence-electron chi connectivity index (χ3n) is 3.25. The Kier molecular flexibility index (Phi) is 4.77. The highest BCUT2D eigenvalue weighted by molar-refractivity contribution is 7.14. The van der Waals surface area contributed by atoms with Gasteiger partial charge in [-0.3, -0.25) is 10.1 Å². The number of furan rings is 1. The first kappa shape index (κ1) is 16.0. The van der Waals surface area contributed by atoms with E-state index in [0.717, 1.165) is 17.1 Å². The van der Waals surface area contributed by atoms with E-state index in [0.29, 0.717) is 16.6 Å². The first-order chi connectivity index (χ1) is 11.6. The Bertz CT molecular complexity index is 880. The van der Waals surface area contributed by atoms with Crippen LogP contribution in [0, 0.1) is 6.92 Å². The highest BCUT2D eigenvalue weighted by Gasteiger charge is 2.09. The van der Waals surface area contributed by atoms with Gasteiger partial charge in [-0.25, -0.2) is 4.98 Å². The van der Waals surface area contributed by atoms with Crippen LogP contribution in [0.4, 0.5) is 5.13 Å². The number of aromatic nitrogens is 1. The second-order valence-electron chi connectivity index (χ2n) is 5.05. The quantitative estimate of drug-likeness (QED) is 0.700. The molecule has 0 saturated heterocycles. The molecule has 0 saturated carbocycles. The Morgan fingerprint density at radius 2 is 2.21 bits per heavy atom. The number of carbonyl (C=O) groups excluding carboxylic acids is 1. The van der Waals surface area contributed by atoms with Crippen molar-refractivity contribution in [3.63, 3.8) is 0 Å². The van der Waals surface area contributed by atoms with Gasteiger partial charge in [0.15, 0.2) is 10.9 Å². The Morgan fingerprint density at radius 1 is 1.33 bits per heavy atom. The summed E-state index contributed by atoms with van der Waals surface area (Å²) in [5.74, 6) is 2.02. The molecule has 2 aromatic heterocycles. The van der Waals surface area contributed by atoms with Crippen molar-refractivity contribution in [2.24, 2.45) is 0 Å². The standard InChI is InChI=1S/C18H16N2O3S/c1-12-6-8-16(23-12)15-11-24-18(19-15)20-17(21)9-7-13-4-3-5-14(10-13)22-2/h3-11H,1-2H3,(H,19,20,21)/b9-7+. The fourth-order valence-corrected chi connectivity index (χ4v) is 2.78. The second-order valence-corrected chi connectivity index (χ2v) is 5.91. The van der Waals surface area contributed by atoms with Crippen LogP contribution in [0.1, 0.15) is 11.3 Å². The van der Waals surface area contributed by atoms with E-state index >= 15 is 0 Å². The number of rotatable bonds is 5. The molecular weight excluding hydrogens is 324 g/mol. The molecule has 0 atom stereocenters. The summed E-state index contributed by atoms with van der Waals surface area (Å²) < 4.78 is 10.7. The van der Waals surface area contributed by atoms with E-state index in [1.165, 1.54) is 17.4 Å². The number of hydrogen-bond acceptors (Lipinski definition) is 5. The minimum atomic E-state index is -0.241. The van der Waals surface area contributed by atoms with Crippen molar-refractivity contribution in [2.45, 2.75) is 6.92 Å². The molecule has 24 heavy (non-hydrogen) atoms. The van der Waals surface area contributed by atoms with E-state index < -0.39 is 0 Å². The van der Waals surface area contributed by atoms with Gasteiger partial charge in [-0.05, 0) is 42.8 Å². The van der Waals surface area contributed by atoms with Gasteiger partial charge in [-0.1, -0.05) is 12.1 Å². The zero-order chi connectivity index (χ0) is 16.9. The van der Waals surface area contributed by atoms with Gasteiger partial charge in [-0.2, -0.15) is 0 Å². The molecule has 0 fully saturated rings. The summed E-state index contributed by atoms with van der Waals surface area (Å²) in [6.45, 7) is 1.88. The number of anilines is 1. The van der Waals surface area contributed by atoms with E-state index in [1.54, 1.807) is 13.2 Å². The molecule has 3 rings (SSSR count). The van der Waals surface area contributed by atoms with Gasteiger partial charge in [0, 0.05) is 11.5 Å². The minimum Gasteiger partial charge on any atom is -0.497 e. The molecule has 5 nitrogen and oxygen atoms in total. The predicted molar refractivity (Wildman–Crippen MR) is 95.2 cm³/mol. The molecule has 122 valence electrons. The molecule has 0 radical (unpaired) electrons. The molecule has 1 amide bonds. The largest absolute Gasteiger partial charge is 0.497 e. The van der Waals surface area contributed by atoms with Crippen LogP contribution in [0.25, 0.3) is 17.5 Å². The molecule has 0 bridgehead atoms. The van der Waals surface area contributed by atoms with Gasteiger partial charge in [-0.15, -0.1) is 11.3 Å². The molecule has 6 heteroatoms. The van der Waals surface area contributed by atoms with Crippen molar-refractivity contribution in [1.29, 1.82) is 0 Å². The average molecular weight is 340 g/mol. The van der Waals surface area contributed by atoms with E-state index in [9.17, 15) is 4.79 Å². The maximum atomic E-state index is 12.0. The fraction of sp³-hybridized carbons (Fsp3) is 0.111. The van der Waals surface area contributed by atoms with Crippen molar-refractivity contribution in [1.82, 2.24) is 4.98 Å². The van der Waals surface area contributed by atoms with Gasteiger partial charge in [0.25, 0.3) is 0 Å². The molecule has 0 aliphatic rings. The Balaban J connectivity index is 1.64. The number of ether oxygens (including phenoxy) is 1. The molecular formula is C18H16N2O3S. The number of nitrogens with one attached hydrogen (secondary N) is 1. The van der Waals surface area contributed by atoms with E-state index in [-0.39, 0.29) is 5.91 Å². The van der Waals surface area contributed by atoms with E-state index in [4.69, 9.17) is 9.15 Å². The van der Waals surface area contributed by atoms with Crippen LogP contribution < -0.4 is 10.1 Å². The fourth-order valence-electron chi connectivity index (χ4n) is 2.08. The Labute approximate surface area is 143 Å². The van der Waals surface area contributed by atoms with E-state index in [2.05, 4.69) is 10.3 Å². The Morgan fingerprint density at radius 3 is 2.96 bits per heavy atom. The van der Waals surface area contributed by atoms with Crippen LogP contribution in [-0.2, 0) is 4.79 Å². The van der Waals surface area contributed by atoms with Crippen LogP contribution >= 0.6 is 11.3 Å². The van der Waals surface area contributed by atoms with Crippen molar-refractivity contribution >= 4 is 28.5 Å². The summed E-state index contributed by atoms with van der Waals surface area (Å²) in [6.07, 6.45) is 3.19. The van der Waals surface area contributed by atoms with Crippen molar-refractivity contribution < 1.29 is 13.9 Å². The highest BCUT2D eigenvalue weighted by Crippen LogP contribution is 2.26. The zero-order valence-corrected chi connectivity index (χ0v) is 14.1. The van der Waals surface area contributed by atoms with Crippen LogP contribution in [0.15, 0.2) is 52.3 Å². The average Bonchev–Trinajstić information content (AvgIpc) is 3.22. The minimum absolute atomic E-state index is 0.241. The number of carbonyl (C=O) groups is 1. The maximum Gasteiger partial charge on any atom is 0.250 e. The number of thiazole rings is 1. The predicted octanol–water partition coefficient (Wildman–Crippen LogP) is 4.37. The highest BCUT2D eigenvalue weighted by atomic mass is 32.1. The third-order valence-corrected chi connectivity index (χ3v) is 4.01. The zero-order valence-electron chi connectivity index (χ0n) is 13.3. The summed E-state index contributed by atoms with van der Waals surface area (Å²) in [7, 11) is 1.61.